The summed E-state index contributed by atoms with van der Waals surface area (Å²) in [6, 6.07) is 39.2. The van der Waals surface area contributed by atoms with E-state index in [4.69, 9.17) is 9.72 Å². The Bertz CT molecular complexity index is 2410. The fourth-order valence-corrected chi connectivity index (χ4v) is 7.95. The molecule has 0 radical (unpaired) electrons. The fraction of sp³-hybridized carbons (Fsp3) is 0.244. The lowest BCUT2D eigenvalue weighted by Gasteiger charge is -2.32. The second kappa shape index (κ2) is 12.5. The zero-order chi connectivity index (χ0) is 35.6. The van der Waals surface area contributed by atoms with Crippen LogP contribution in [0.25, 0.3) is 38.9 Å². The Morgan fingerprint density at radius 2 is 1.39 bits per heavy atom. The van der Waals surface area contributed by atoms with Crippen LogP contribution < -0.4 is 19.5 Å². The molecule has 0 aliphatic carbocycles. The van der Waals surface area contributed by atoms with Crippen molar-refractivity contribution in [1.82, 2.24) is 9.55 Å². The molecular formula is C45H46BN4O+. The zero-order valence-electron chi connectivity index (χ0n) is 31.0. The molecule has 1 aliphatic rings. The van der Waals surface area contributed by atoms with Crippen LogP contribution >= 0.6 is 0 Å². The number of rotatable bonds is 6. The molecule has 51 heavy (non-hydrogen) atoms. The van der Waals surface area contributed by atoms with Crippen LogP contribution in [0, 0.1) is 0 Å². The van der Waals surface area contributed by atoms with Crippen molar-refractivity contribution < 1.29 is 9.21 Å². The minimum atomic E-state index is 0.0106. The molecule has 8 rings (SSSR count). The van der Waals surface area contributed by atoms with Crippen LogP contribution in [0.4, 0.5) is 5.69 Å². The van der Waals surface area contributed by atoms with Crippen LogP contribution in [-0.4, -0.2) is 23.6 Å². The number of para-hydroxylation sites is 1. The predicted molar refractivity (Wildman–Crippen MR) is 213 cm³/mol. The number of hydrogen-bond acceptors (Lipinski definition) is 3. The second-order valence-electron chi connectivity index (χ2n) is 15.6. The van der Waals surface area contributed by atoms with Gasteiger partial charge in [0.05, 0.1) is 16.6 Å². The molecule has 0 saturated heterocycles. The third-order valence-electron chi connectivity index (χ3n) is 10.5. The van der Waals surface area contributed by atoms with E-state index in [1.807, 2.05) is 6.20 Å². The van der Waals surface area contributed by atoms with Gasteiger partial charge in [-0.3, -0.25) is 9.05 Å². The minimum absolute atomic E-state index is 0.0106. The lowest BCUT2D eigenvalue weighted by Crippen LogP contribution is -2.71. The summed E-state index contributed by atoms with van der Waals surface area (Å²) in [4.78, 5) is 7.29. The molecule has 7 aromatic rings. The van der Waals surface area contributed by atoms with Crippen molar-refractivity contribution in [3.63, 3.8) is 0 Å². The molecule has 0 bridgehead atoms. The van der Waals surface area contributed by atoms with Crippen LogP contribution in [0.3, 0.4) is 0 Å². The minimum Gasteiger partial charge on any atom is -0.457 e. The van der Waals surface area contributed by atoms with Gasteiger partial charge >= 0.3 is 6.98 Å². The van der Waals surface area contributed by atoms with E-state index in [1.54, 1.807) is 0 Å². The number of ether oxygens (including phenoxy) is 1. The topological polar surface area (TPSA) is 34.2 Å². The summed E-state index contributed by atoms with van der Waals surface area (Å²) in [5, 5.41) is 2.37. The van der Waals surface area contributed by atoms with E-state index in [1.165, 1.54) is 44.3 Å². The summed E-state index contributed by atoms with van der Waals surface area (Å²) in [6.45, 7) is 16.0. The molecule has 0 fully saturated rings. The molecule has 6 heteroatoms. The Hall–Kier alpha value is -5.36. The molecular weight excluding hydrogens is 623 g/mol. The summed E-state index contributed by atoms with van der Waals surface area (Å²) in [7, 11) is 2.23. The Balaban J connectivity index is 1.22. The van der Waals surface area contributed by atoms with Gasteiger partial charge in [0.1, 0.15) is 23.5 Å². The quantitative estimate of drug-likeness (QED) is 0.165. The molecule has 0 saturated carbocycles. The lowest BCUT2D eigenvalue weighted by atomic mass is 9.58. The second-order valence-corrected chi connectivity index (χ2v) is 15.6. The molecule has 0 N–H and O–H groups in total. The smallest absolute Gasteiger partial charge is 0.457 e. The van der Waals surface area contributed by atoms with Crippen molar-refractivity contribution in [3.05, 3.63) is 138 Å². The number of pyridine rings is 2. The summed E-state index contributed by atoms with van der Waals surface area (Å²) in [6.07, 6.45) is 4.15. The largest absolute Gasteiger partial charge is 0.653 e. The average Bonchev–Trinajstić information content (AvgIpc) is 3.45. The Kier molecular flexibility index (Phi) is 8.01. The number of aromatic nitrogens is 3. The van der Waals surface area contributed by atoms with Crippen LogP contribution in [0.2, 0.25) is 0 Å². The molecule has 5 nitrogen and oxygen atoms in total. The van der Waals surface area contributed by atoms with Crippen LogP contribution in [0.1, 0.15) is 77.0 Å². The summed E-state index contributed by atoms with van der Waals surface area (Å²) >= 11 is 0. The van der Waals surface area contributed by atoms with Crippen molar-refractivity contribution in [2.24, 2.45) is 0 Å². The number of anilines is 1. The maximum atomic E-state index is 6.72. The predicted octanol–water partition coefficient (Wildman–Crippen LogP) is 10.2. The lowest BCUT2D eigenvalue weighted by molar-refractivity contribution is -0.524. The van der Waals surface area contributed by atoms with Crippen LogP contribution in [0.15, 0.2) is 122 Å². The van der Waals surface area contributed by atoms with E-state index in [9.17, 15) is 0 Å². The summed E-state index contributed by atoms with van der Waals surface area (Å²) in [5.74, 6) is 3.31. The molecule has 0 atom stereocenters. The third-order valence-corrected chi connectivity index (χ3v) is 10.5. The van der Waals surface area contributed by atoms with E-state index < -0.39 is 0 Å². The highest BCUT2D eigenvalue weighted by Gasteiger charge is 2.47. The van der Waals surface area contributed by atoms with Crippen molar-refractivity contribution in [3.8, 4) is 28.6 Å². The monoisotopic (exact) mass is 669 g/mol. The van der Waals surface area contributed by atoms with Crippen molar-refractivity contribution in [2.75, 3.05) is 11.9 Å². The normalized spacial score (nSPS) is 13.0. The van der Waals surface area contributed by atoms with Crippen molar-refractivity contribution >= 4 is 39.9 Å². The third kappa shape index (κ3) is 5.58. The van der Waals surface area contributed by atoms with Gasteiger partial charge in [0.25, 0.3) is 0 Å². The molecule has 0 amide bonds. The Morgan fingerprint density at radius 1 is 0.706 bits per heavy atom. The number of hydrogen-bond donors (Lipinski definition) is 0. The maximum Gasteiger partial charge on any atom is 0.653 e. The SMILES string of the molecule is CC(C)c1cccc(C(C)C)c1B1N(C)c2ccc(Oc3ccc4c5ccccc5n(-c5cc(C(C)(C)C)ccn5)c4c3)cc2-c2cccc[n+]21. The van der Waals surface area contributed by atoms with Crippen molar-refractivity contribution in [2.45, 2.75) is 65.7 Å². The first-order chi connectivity index (χ1) is 24.5. The number of benzene rings is 4. The van der Waals surface area contributed by atoms with Crippen LogP contribution in [-0.2, 0) is 5.41 Å². The van der Waals surface area contributed by atoms with Gasteiger partial charge in [-0.2, -0.15) is 0 Å². The molecule has 0 unspecified atom stereocenters. The van der Waals surface area contributed by atoms with Gasteiger partial charge in [0.15, 0.2) is 5.69 Å². The van der Waals surface area contributed by atoms with E-state index in [0.29, 0.717) is 11.8 Å². The van der Waals surface area contributed by atoms with E-state index in [0.717, 1.165) is 33.9 Å². The fourth-order valence-electron chi connectivity index (χ4n) is 7.95. The summed E-state index contributed by atoms with van der Waals surface area (Å²) in [5.41, 5.74) is 11.2. The highest BCUT2D eigenvalue weighted by Crippen LogP contribution is 2.39. The van der Waals surface area contributed by atoms with Crippen LogP contribution in [0.5, 0.6) is 11.5 Å². The molecule has 254 valence electrons. The summed E-state index contributed by atoms with van der Waals surface area (Å²) < 4.78 is 11.4. The Morgan fingerprint density at radius 3 is 2.14 bits per heavy atom. The van der Waals surface area contributed by atoms with Gasteiger partial charge in [0, 0.05) is 47.3 Å². The first kappa shape index (κ1) is 32.8. The molecule has 0 spiro atoms. The molecule has 1 aliphatic heterocycles. The number of fused-ring (bicyclic) bond motifs is 6. The van der Waals surface area contributed by atoms with E-state index in [2.05, 4.69) is 185 Å². The van der Waals surface area contributed by atoms with Gasteiger partial charge in [-0.15, -0.1) is 0 Å². The van der Waals surface area contributed by atoms with Gasteiger partial charge in [0.2, 0.25) is 0 Å². The first-order valence-electron chi connectivity index (χ1n) is 18.2. The highest BCUT2D eigenvalue weighted by molar-refractivity contribution is 6.70. The van der Waals surface area contributed by atoms with Gasteiger partial charge in [-0.05, 0) is 94.6 Å². The number of nitrogens with zero attached hydrogens (tertiary/aromatic N) is 4. The van der Waals surface area contributed by atoms with E-state index in [-0.39, 0.29) is 12.4 Å². The average molecular weight is 670 g/mol. The van der Waals surface area contributed by atoms with Gasteiger partial charge < -0.3 is 9.55 Å². The van der Waals surface area contributed by atoms with Gasteiger partial charge in [-0.25, -0.2) is 4.98 Å². The Labute approximate surface area is 302 Å². The highest BCUT2D eigenvalue weighted by atomic mass is 16.5. The molecule has 4 aromatic carbocycles. The van der Waals surface area contributed by atoms with E-state index >= 15 is 0 Å². The zero-order valence-corrected chi connectivity index (χ0v) is 31.0. The first-order valence-corrected chi connectivity index (χ1v) is 18.2. The molecule has 3 aromatic heterocycles. The standard InChI is InChI=1S/C45H46BN4O/c1-29(2)34-15-13-16-35(30(3)4)44(34)46-48(8)39-22-20-32(27-38(39)40-17-11-12-25-49(40)46)51-33-19-21-37-36-14-9-10-18-41(36)50(42(37)28-33)43-26-31(23-24-47-43)45(5,6)7/h9-30H,1-8H3/q+1. The van der Waals surface area contributed by atoms with Crippen molar-refractivity contribution in [1.29, 1.82) is 0 Å². The van der Waals surface area contributed by atoms with Gasteiger partial charge in [-0.1, -0.05) is 84.9 Å². The maximum absolute atomic E-state index is 6.72. The molecule has 4 heterocycles.